The van der Waals surface area contributed by atoms with Crippen LogP contribution in [0.4, 0.5) is 26.3 Å². The lowest BCUT2D eigenvalue weighted by Gasteiger charge is -2.32. The van der Waals surface area contributed by atoms with Crippen LogP contribution in [0.25, 0.3) is 0 Å². The Bertz CT molecular complexity index is 1290. The predicted molar refractivity (Wildman–Crippen MR) is 132 cm³/mol. The first-order valence-electron chi connectivity index (χ1n) is 11.9. The fourth-order valence-corrected chi connectivity index (χ4v) is 5.58. The van der Waals surface area contributed by atoms with Gasteiger partial charge in [-0.25, -0.2) is 18.0 Å². The van der Waals surface area contributed by atoms with Crippen molar-refractivity contribution in [1.82, 2.24) is 14.2 Å². The van der Waals surface area contributed by atoms with E-state index in [9.17, 15) is 34.8 Å². The number of aliphatic carboxylic acids is 2. The van der Waals surface area contributed by atoms with Gasteiger partial charge in [-0.2, -0.15) is 30.6 Å². The van der Waals surface area contributed by atoms with E-state index in [1.54, 1.807) is 37.7 Å². The van der Waals surface area contributed by atoms with Crippen LogP contribution in [0.5, 0.6) is 5.75 Å². The van der Waals surface area contributed by atoms with Crippen LogP contribution in [0.15, 0.2) is 53.7 Å². The fraction of sp³-hybridized carbons (Fsp3) is 0.458. The molecule has 1 unspecified atom stereocenters. The molecule has 2 aliphatic rings. The summed E-state index contributed by atoms with van der Waals surface area (Å²) in [5.74, 6) is -5.08. The Kier molecular flexibility index (Phi) is 11.7. The van der Waals surface area contributed by atoms with Crippen molar-refractivity contribution in [3.63, 3.8) is 0 Å². The number of carboxylic acid groups (broad SMARTS) is 2. The molecule has 0 radical (unpaired) electrons. The molecule has 2 aromatic rings. The molecule has 1 atom stereocenters. The maximum atomic E-state index is 13.2. The minimum atomic E-state index is -5.08. The lowest BCUT2D eigenvalue weighted by Crippen LogP contribution is -2.49. The van der Waals surface area contributed by atoms with Crippen molar-refractivity contribution >= 4 is 22.0 Å². The van der Waals surface area contributed by atoms with E-state index in [0.29, 0.717) is 32.0 Å². The SMILES string of the molecule is COCCN1CC2(CCN(Cc3ccncc3)C2)Oc2ccccc2S1(=O)=O.O=C(O)C(F)(F)F.O=C(O)C(F)(F)F. The zero-order chi connectivity index (χ0) is 31.8. The normalized spacial score (nSPS) is 20.2. The van der Waals surface area contributed by atoms with Crippen molar-refractivity contribution in [3.8, 4) is 5.75 Å². The molecule has 2 aliphatic heterocycles. The summed E-state index contributed by atoms with van der Waals surface area (Å²) in [5.41, 5.74) is 0.616. The number of halogens is 6. The minimum absolute atomic E-state index is 0.232. The molecular weight excluding hydrogens is 604 g/mol. The minimum Gasteiger partial charge on any atom is -0.483 e. The Morgan fingerprint density at radius 1 is 1.00 bits per heavy atom. The van der Waals surface area contributed by atoms with Gasteiger partial charge in [-0.1, -0.05) is 12.1 Å². The third-order valence-corrected chi connectivity index (χ3v) is 7.72. The van der Waals surface area contributed by atoms with Crippen molar-refractivity contribution in [2.75, 3.05) is 39.9 Å². The molecule has 0 aliphatic carbocycles. The molecule has 1 aromatic carbocycles. The molecule has 0 saturated carbocycles. The topological polar surface area (TPSA) is 147 Å². The number of para-hydroxylation sites is 1. The highest BCUT2D eigenvalue weighted by Gasteiger charge is 2.47. The number of methoxy groups -OCH3 is 1. The summed E-state index contributed by atoms with van der Waals surface area (Å²) in [6.07, 6.45) is -5.82. The molecule has 234 valence electrons. The number of carboxylic acids is 2. The monoisotopic (exact) mass is 631 g/mol. The van der Waals surface area contributed by atoms with Crippen molar-refractivity contribution in [3.05, 3.63) is 54.4 Å². The summed E-state index contributed by atoms with van der Waals surface area (Å²) in [7, 11) is -2.05. The van der Waals surface area contributed by atoms with E-state index in [4.69, 9.17) is 29.3 Å². The number of nitrogens with zero attached hydrogens (tertiary/aromatic N) is 3. The number of likely N-dealkylation sites (tertiary alicyclic amines) is 1. The third-order valence-electron chi connectivity index (χ3n) is 5.84. The zero-order valence-electron chi connectivity index (χ0n) is 21.9. The van der Waals surface area contributed by atoms with Gasteiger partial charge in [-0.3, -0.25) is 9.88 Å². The molecule has 18 heteroatoms. The van der Waals surface area contributed by atoms with Crippen LogP contribution in [0.3, 0.4) is 0 Å². The average molecular weight is 632 g/mol. The van der Waals surface area contributed by atoms with Gasteiger partial charge >= 0.3 is 24.3 Å². The number of ether oxygens (including phenoxy) is 2. The van der Waals surface area contributed by atoms with Gasteiger partial charge in [0.25, 0.3) is 0 Å². The maximum Gasteiger partial charge on any atom is 0.490 e. The highest BCUT2D eigenvalue weighted by molar-refractivity contribution is 7.89. The highest BCUT2D eigenvalue weighted by atomic mass is 32.2. The number of fused-ring (bicyclic) bond motifs is 1. The number of alkyl halides is 6. The van der Waals surface area contributed by atoms with E-state index in [1.165, 1.54) is 9.87 Å². The van der Waals surface area contributed by atoms with Gasteiger partial charge in [0.2, 0.25) is 10.0 Å². The number of rotatable bonds is 5. The number of hydrogen-bond acceptors (Lipinski definition) is 8. The van der Waals surface area contributed by atoms with Crippen LogP contribution in [-0.4, -0.2) is 103 Å². The summed E-state index contributed by atoms with van der Waals surface area (Å²) in [4.78, 5) is 24.4. The summed E-state index contributed by atoms with van der Waals surface area (Å²) in [6.45, 7) is 3.28. The summed E-state index contributed by atoms with van der Waals surface area (Å²) < 4.78 is 103. The second-order valence-corrected chi connectivity index (χ2v) is 10.9. The van der Waals surface area contributed by atoms with Crippen LogP contribution >= 0.6 is 0 Å². The standard InChI is InChI=1S/C20H25N3O4S.2C2HF3O2/c1-26-13-12-23-16-20(27-18-4-2-3-5-19(18)28(23,24)25)8-11-22(15-20)14-17-6-9-21-10-7-17;2*3-2(4,5)1(6)7/h2-7,9-10H,8,11-16H2,1H3;2*(H,6,7). The Labute approximate surface area is 236 Å². The van der Waals surface area contributed by atoms with E-state index >= 15 is 0 Å². The molecule has 1 aromatic heterocycles. The Balaban J connectivity index is 0.000000367. The first-order chi connectivity index (χ1) is 19.4. The molecular formula is C24H27F6N3O8S. The molecule has 11 nitrogen and oxygen atoms in total. The quantitative estimate of drug-likeness (QED) is 0.472. The Hall–Kier alpha value is -3.48. The Morgan fingerprint density at radius 3 is 2.07 bits per heavy atom. The molecule has 3 heterocycles. The van der Waals surface area contributed by atoms with E-state index in [1.807, 2.05) is 18.2 Å². The first-order valence-corrected chi connectivity index (χ1v) is 13.3. The Morgan fingerprint density at radius 2 is 1.55 bits per heavy atom. The van der Waals surface area contributed by atoms with Crippen LogP contribution in [0.1, 0.15) is 12.0 Å². The molecule has 1 saturated heterocycles. The third kappa shape index (κ3) is 9.81. The number of sulfonamides is 1. The van der Waals surface area contributed by atoms with E-state index in [0.717, 1.165) is 19.5 Å². The molecule has 1 fully saturated rings. The van der Waals surface area contributed by atoms with Crippen LogP contribution in [-0.2, 0) is 30.9 Å². The van der Waals surface area contributed by atoms with Crippen molar-refractivity contribution in [1.29, 1.82) is 0 Å². The van der Waals surface area contributed by atoms with Crippen molar-refractivity contribution < 1.29 is 64.0 Å². The summed E-state index contributed by atoms with van der Waals surface area (Å²) >= 11 is 0. The molecule has 2 N–H and O–H groups in total. The second kappa shape index (κ2) is 14.1. The van der Waals surface area contributed by atoms with E-state index < -0.39 is 39.9 Å². The molecule has 0 amide bonds. The van der Waals surface area contributed by atoms with Gasteiger partial charge in [-0.05, 0) is 29.8 Å². The molecule has 1 spiro atoms. The predicted octanol–water partition coefficient (Wildman–Crippen LogP) is 3.02. The van der Waals surface area contributed by atoms with Gasteiger partial charge in [0.15, 0.2) is 0 Å². The van der Waals surface area contributed by atoms with Crippen molar-refractivity contribution in [2.24, 2.45) is 0 Å². The van der Waals surface area contributed by atoms with Gasteiger partial charge in [-0.15, -0.1) is 0 Å². The van der Waals surface area contributed by atoms with Gasteiger partial charge in [0, 0.05) is 52.1 Å². The number of aromatic nitrogens is 1. The number of benzene rings is 1. The fourth-order valence-electron chi connectivity index (χ4n) is 3.97. The number of hydrogen-bond donors (Lipinski definition) is 2. The second-order valence-electron chi connectivity index (χ2n) is 8.99. The zero-order valence-corrected chi connectivity index (χ0v) is 22.7. The lowest BCUT2D eigenvalue weighted by molar-refractivity contribution is -0.193. The van der Waals surface area contributed by atoms with Gasteiger partial charge < -0.3 is 19.7 Å². The van der Waals surface area contributed by atoms with Crippen LogP contribution in [0, 0.1) is 0 Å². The van der Waals surface area contributed by atoms with Crippen molar-refractivity contribution in [2.45, 2.75) is 35.8 Å². The van der Waals surface area contributed by atoms with E-state index in [-0.39, 0.29) is 4.90 Å². The average Bonchev–Trinajstić information content (AvgIpc) is 3.24. The number of pyridine rings is 1. The van der Waals surface area contributed by atoms with E-state index in [2.05, 4.69) is 9.88 Å². The molecule has 42 heavy (non-hydrogen) atoms. The van der Waals surface area contributed by atoms with Gasteiger partial charge in [0.05, 0.1) is 13.2 Å². The lowest BCUT2D eigenvalue weighted by atomic mass is 10.0. The van der Waals surface area contributed by atoms with Crippen LogP contribution < -0.4 is 4.74 Å². The molecule has 4 rings (SSSR count). The smallest absolute Gasteiger partial charge is 0.483 e. The first kappa shape index (κ1) is 34.7. The van der Waals surface area contributed by atoms with Gasteiger partial charge in [0.1, 0.15) is 16.2 Å². The highest BCUT2D eigenvalue weighted by Crippen LogP contribution is 2.38. The molecule has 0 bridgehead atoms. The maximum absolute atomic E-state index is 13.2. The number of carbonyl (C=O) groups is 2. The largest absolute Gasteiger partial charge is 0.490 e. The van der Waals surface area contributed by atoms with Crippen LogP contribution in [0.2, 0.25) is 0 Å². The summed E-state index contributed by atoms with van der Waals surface area (Å²) in [5, 5.41) is 14.2. The summed E-state index contributed by atoms with van der Waals surface area (Å²) in [6, 6.07) is 10.9.